The van der Waals surface area contributed by atoms with Crippen LogP contribution in [-0.2, 0) is 20.9 Å². The zero-order chi connectivity index (χ0) is 33.8. The number of carboxylic acid groups (broad SMARTS) is 1. The van der Waals surface area contributed by atoms with Crippen molar-refractivity contribution in [3.8, 4) is 17.1 Å². The maximum atomic E-state index is 11.9. The molecule has 16 heteroatoms. The van der Waals surface area contributed by atoms with Crippen molar-refractivity contribution in [2.45, 2.75) is 32.7 Å². The number of hydrazine groups is 1. The largest absolute Gasteiger partial charge is 0.510 e. The number of aromatic nitrogens is 2. The lowest BCUT2D eigenvalue weighted by Crippen LogP contribution is -2.33. The minimum Gasteiger partial charge on any atom is -0.478 e. The molecular formula is C31H35N7O9. The molecule has 0 fully saturated rings. The highest BCUT2D eigenvalue weighted by molar-refractivity contribution is 6.03. The Bertz CT molecular complexity index is 1720. The van der Waals surface area contributed by atoms with E-state index in [1.54, 1.807) is 28.8 Å². The molecule has 0 saturated heterocycles. The van der Waals surface area contributed by atoms with Gasteiger partial charge in [-0.05, 0) is 55.0 Å². The maximum absolute atomic E-state index is 11.9. The van der Waals surface area contributed by atoms with Gasteiger partial charge in [-0.15, -0.1) is 15.2 Å². The number of fused-ring (bicyclic) bond motifs is 1. The first-order valence-corrected chi connectivity index (χ1v) is 14.6. The van der Waals surface area contributed by atoms with Crippen molar-refractivity contribution >= 4 is 29.0 Å². The monoisotopic (exact) mass is 649 g/mol. The molecule has 0 aliphatic carbocycles. The van der Waals surface area contributed by atoms with Gasteiger partial charge < -0.3 is 29.9 Å². The summed E-state index contributed by atoms with van der Waals surface area (Å²) in [4.78, 5) is 42.6. The topological polar surface area (TPSA) is 220 Å². The van der Waals surface area contributed by atoms with Gasteiger partial charge in [0.1, 0.15) is 0 Å². The second-order valence-electron chi connectivity index (χ2n) is 10.0. The Morgan fingerprint density at radius 1 is 1.00 bits per heavy atom. The number of hydrogen-bond acceptors (Lipinski definition) is 12. The highest BCUT2D eigenvalue weighted by Crippen LogP contribution is 2.28. The van der Waals surface area contributed by atoms with E-state index in [9.17, 15) is 24.8 Å². The van der Waals surface area contributed by atoms with Crippen LogP contribution in [0.4, 0.5) is 4.79 Å². The van der Waals surface area contributed by atoms with Crippen LogP contribution in [0.1, 0.15) is 47.7 Å². The minimum atomic E-state index is -1.05. The highest BCUT2D eigenvalue weighted by Gasteiger charge is 2.19. The number of amidine groups is 1. The fourth-order valence-electron chi connectivity index (χ4n) is 4.71. The first kappa shape index (κ1) is 34.0. The van der Waals surface area contributed by atoms with Gasteiger partial charge in [0.15, 0.2) is 12.6 Å². The van der Waals surface area contributed by atoms with Gasteiger partial charge >= 0.3 is 12.1 Å². The molecule has 1 aromatic heterocycles. The van der Waals surface area contributed by atoms with E-state index in [2.05, 4.69) is 14.9 Å². The molecule has 0 unspecified atom stereocenters. The molecule has 3 aromatic carbocycles. The molecule has 1 heterocycles. The standard InChI is InChI=1S/C31H35N7O9/c1-2-44-30-34-26-12-8-11-25(29(39)40)27(26)36(30)19-21-13-15-22(16-14-21)23-9-4-5-10-24(23)28(32)35-37(33)20-46-31(41)45-17-6-3-7-18-47-38(42)43/h4-5,8-16H,2-3,6-7,17-20,33H2,1H3,(H2,32,35)(H,39,40). The van der Waals surface area contributed by atoms with Crippen LogP contribution in [-0.4, -0.2) is 69.4 Å². The molecule has 4 rings (SSSR count). The summed E-state index contributed by atoms with van der Waals surface area (Å²) in [5, 5.41) is 24.0. The maximum Gasteiger partial charge on any atom is 0.510 e. The molecule has 4 aromatic rings. The van der Waals surface area contributed by atoms with E-state index in [1.807, 2.05) is 43.3 Å². The van der Waals surface area contributed by atoms with Crippen molar-refractivity contribution in [3.63, 3.8) is 0 Å². The van der Waals surface area contributed by atoms with Gasteiger partial charge in [-0.3, -0.25) is 4.57 Å². The summed E-state index contributed by atoms with van der Waals surface area (Å²) in [5.41, 5.74) is 10.5. The third kappa shape index (κ3) is 9.30. The predicted octanol–water partition coefficient (Wildman–Crippen LogP) is 4.13. The molecule has 16 nitrogen and oxygen atoms in total. The van der Waals surface area contributed by atoms with E-state index in [0.29, 0.717) is 55.0 Å². The van der Waals surface area contributed by atoms with Crippen LogP contribution < -0.4 is 16.3 Å². The fraction of sp³-hybridized carbons (Fsp3) is 0.290. The number of benzene rings is 3. The third-order valence-corrected chi connectivity index (χ3v) is 6.80. The van der Waals surface area contributed by atoms with Gasteiger partial charge in [0.05, 0.1) is 43.0 Å². The molecule has 47 heavy (non-hydrogen) atoms. The van der Waals surface area contributed by atoms with Gasteiger partial charge in [-0.2, -0.15) is 10.1 Å². The van der Waals surface area contributed by atoms with E-state index in [4.69, 9.17) is 25.8 Å². The molecule has 0 atom stereocenters. The summed E-state index contributed by atoms with van der Waals surface area (Å²) >= 11 is 0. The first-order valence-electron chi connectivity index (χ1n) is 14.6. The molecule has 0 amide bonds. The van der Waals surface area contributed by atoms with E-state index >= 15 is 0 Å². The summed E-state index contributed by atoms with van der Waals surface area (Å²) in [6.07, 6.45) is 0.541. The quantitative estimate of drug-likeness (QED) is 0.0214. The summed E-state index contributed by atoms with van der Waals surface area (Å²) in [6.45, 7) is 2.14. The highest BCUT2D eigenvalue weighted by atomic mass is 16.9. The van der Waals surface area contributed by atoms with Crippen LogP contribution >= 0.6 is 0 Å². The Balaban J connectivity index is 1.40. The van der Waals surface area contributed by atoms with Gasteiger partial charge in [-0.1, -0.05) is 54.6 Å². The van der Waals surface area contributed by atoms with Crippen LogP contribution in [0.3, 0.4) is 0 Å². The molecule has 0 aliphatic heterocycles. The van der Waals surface area contributed by atoms with Crippen molar-refractivity contribution in [1.82, 2.24) is 14.7 Å². The number of nitrogens with two attached hydrogens (primary N) is 2. The smallest absolute Gasteiger partial charge is 0.478 e. The van der Waals surface area contributed by atoms with Gasteiger partial charge in [0.25, 0.3) is 11.1 Å². The van der Waals surface area contributed by atoms with Gasteiger partial charge in [0, 0.05) is 5.56 Å². The Morgan fingerprint density at radius 2 is 1.72 bits per heavy atom. The normalized spacial score (nSPS) is 11.2. The van der Waals surface area contributed by atoms with Crippen LogP contribution in [0.2, 0.25) is 0 Å². The number of nitrogens with zero attached hydrogens (tertiary/aromatic N) is 5. The van der Waals surface area contributed by atoms with Crippen LogP contribution in [0.15, 0.2) is 71.8 Å². The molecule has 0 aliphatic rings. The van der Waals surface area contributed by atoms with Gasteiger partial charge in [0.2, 0.25) is 0 Å². The number of hydrogen-bond donors (Lipinski definition) is 3. The summed E-state index contributed by atoms with van der Waals surface area (Å²) < 4.78 is 17.4. The van der Waals surface area contributed by atoms with Crippen molar-refractivity contribution < 1.29 is 38.8 Å². The Kier molecular flexibility index (Phi) is 11.9. The average Bonchev–Trinajstić information content (AvgIpc) is 3.40. The van der Waals surface area contributed by atoms with E-state index < -0.39 is 23.9 Å². The van der Waals surface area contributed by atoms with E-state index in [1.165, 1.54) is 6.07 Å². The lowest BCUT2D eigenvalue weighted by Gasteiger charge is -2.15. The predicted molar refractivity (Wildman–Crippen MR) is 170 cm³/mol. The Morgan fingerprint density at radius 3 is 2.45 bits per heavy atom. The third-order valence-electron chi connectivity index (χ3n) is 6.80. The molecule has 0 radical (unpaired) electrons. The Hall–Kier alpha value is -5.90. The van der Waals surface area contributed by atoms with Crippen LogP contribution in [0.25, 0.3) is 22.2 Å². The molecule has 0 spiro atoms. The molecular weight excluding hydrogens is 614 g/mol. The summed E-state index contributed by atoms with van der Waals surface area (Å²) in [6, 6.07) is 20.2. The average molecular weight is 650 g/mol. The SMILES string of the molecule is CCOc1nc2cccc(C(=O)O)c2n1Cc1ccc(-c2ccccc2/C(N)=N/N(N)COC(=O)OCCCCCO[N+](=O)[O-])cc1. The van der Waals surface area contributed by atoms with Crippen molar-refractivity contribution in [2.75, 3.05) is 26.6 Å². The molecule has 5 N–H and O–H groups in total. The lowest BCUT2D eigenvalue weighted by molar-refractivity contribution is -0.757. The number of carboxylic acids is 1. The number of rotatable bonds is 17. The van der Waals surface area contributed by atoms with Crippen molar-refractivity contribution in [2.24, 2.45) is 16.7 Å². The second kappa shape index (κ2) is 16.4. The molecule has 0 saturated carbocycles. The van der Waals surface area contributed by atoms with Crippen molar-refractivity contribution in [3.05, 3.63) is 93.5 Å². The van der Waals surface area contributed by atoms with Crippen LogP contribution in [0, 0.1) is 10.1 Å². The number of para-hydroxylation sites is 1. The molecule has 248 valence electrons. The number of hydrazone groups is 1. The van der Waals surface area contributed by atoms with E-state index in [-0.39, 0.29) is 24.6 Å². The summed E-state index contributed by atoms with van der Waals surface area (Å²) in [7, 11) is 0. The number of carbonyl (C=O) groups excluding carboxylic acids is 1. The minimum absolute atomic E-state index is 0.0238. The number of ether oxygens (including phenoxy) is 3. The Labute approximate surface area is 269 Å². The number of carbonyl (C=O) groups is 2. The first-order chi connectivity index (χ1) is 22.7. The van der Waals surface area contributed by atoms with Gasteiger partial charge in [-0.25, -0.2) is 15.4 Å². The zero-order valence-electron chi connectivity index (χ0n) is 25.6. The van der Waals surface area contributed by atoms with E-state index in [0.717, 1.165) is 21.8 Å². The van der Waals surface area contributed by atoms with Crippen molar-refractivity contribution in [1.29, 1.82) is 0 Å². The lowest BCUT2D eigenvalue weighted by atomic mass is 9.98. The number of unbranched alkanes of at least 4 members (excludes halogenated alkanes) is 2. The second-order valence-corrected chi connectivity index (χ2v) is 10.0. The summed E-state index contributed by atoms with van der Waals surface area (Å²) in [5.74, 6) is 4.90. The number of imidazole rings is 1. The zero-order valence-corrected chi connectivity index (χ0v) is 25.6. The fourth-order valence-corrected chi connectivity index (χ4v) is 4.71. The number of aromatic carboxylic acids is 1. The molecule has 0 bridgehead atoms. The van der Waals surface area contributed by atoms with Crippen LogP contribution in [0.5, 0.6) is 6.01 Å².